The number of guanidine groups is 1. The fourth-order valence-corrected chi connectivity index (χ4v) is 3.17. The molecule has 1 N–H and O–H groups in total. The monoisotopic (exact) mass is 490 g/mol. The van der Waals surface area contributed by atoms with Gasteiger partial charge in [0.1, 0.15) is 0 Å². The van der Waals surface area contributed by atoms with E-state index in [1.54, 1.807) is 14.2 Å². The molecule has 154 valence electrons. The zero-order valence-corrected chi connectivity index (χ0v) is 19.7. The molecule has 1 aromatic carbocycles. The number of aliphatic imine (C=N–C) groups is 1. The van der Waals surface area contributed by atoms with Crippen molar-refractivity contribution < 1.29 is 9.47 Å². The van der Waals surface area contributed by atoms with Gasteiger partial charge in [0, 0.05) is 39.8 Å². The van der Waals surface area contributed by atoms with E-state index in [9.17, 15) is 0 Å². The molecule has 1 aromatic rings. The van der Waals surface area contributed by atoms with Crippen LogP contribution in [0.15, 0.2) is 23.2 Å². The Morgan fingerprint density at radius 3 is 2.44 bits per heavy atom. The first-order valence-corrected chi connectivity index (χ1v) is 9.49. The van der Waals surface area contributed by atoms with Crippen LogP contribution < -0.4 is 14.8 Å². The number of hydrogen-bond donors (Lipinski definition) is 1. The van der Waals surface area contributed by atoms with Crippen molar-refractivity contribution in [1.29, 1.82) is 0 Å². The third kappa shape index (κ3) is 7.37. The van der Waals surface area contributed by atoms with Gasteiger partial charge in [-0.25, -0.2) is 0 Å². The Kier molecular flexibility index (Phi) is 10.8. The van der Waals surface area contributed by atoms with Crippen molar-refractivity contribution >= 4 is 29.9 Å². The van der Waals surface area contributed by atoms with E-state index in [1.807, 2.05) is 19.2 Å². The quantitative estimate of drug-likeness (QED) is 0.311. The normalized spacial score (nSPS) is 13.9. The summed E-state index contributed by atoms with van der Waals surface area (Å²) in [6.45, 7) is 6.25. The van der Waals surface area contributed by atoms with Crippen LogP contribution in [-0.2, 0) is 6.42 Å². The number of nitrogens with zero attached hydrogens (tertiary/aromatic N) is 3. The lowest BCUT2D eigenvalue weighted by Gasteiger charge is -2.24. The minimum atomic E-state index is 0. The van der Waals surface area contributed by atoms with Crippen LogP contribution in [0.2, 0.25) is 0 Å². The van der Waals surface area contributed by atoms with Crippen LogP contribution in [0.4, 0.5) is 0 Å². The van der Waals surface area contributed by atoms with Crippen LogP contribution in [0, 0.1) is 0 Å². The Labute approximate surface area is 181 Å². The van der Waals surface area contributed by atoms with E-state index < -0.39 is 0 Å². The Morgan fingerprint density at radius 2 is 1.89 bits per heavy atom. The highest BCUT2D eigenvalue weighted by atomic mass is 127. The first kappa shape index (κ1) is 23.8. The van der Waals surface area contributed by atoms with Crippen molar-refractivity contribution in [2.75, 3.05) is 54.5 Å². The van der Waals surface area contributed by atoms with E-state index >= 15 is 0 Å². The second kappa shape index (κ2) is 12.3. The molecule has 0 aliphatic heterocycles. The Hall–Kier alpha value is -1.22. The summed E-state index contributed by atoms with van der Waals surface area (Å²) in [6.07, 6.45) is 3.63. The number of likely N-dealkylation sites (N-methyl/N-ethyl adjacent to an activating group) is 2. The van der Waals surface area contributed by atoms with Gasteiger partial charge in [0.25, 0.3) is 0 Å². The first-order valence-electron chi connectivity index (χ1n) is 9.49. The van der Waals surface area contributed by atoms with Crippen molar-refractivity contribution in [3.8, 4) is 11.5 Å². The van der Waals surface area contributed by atoms with Gasteiger partial charge in [0.2, 0.25) is 0 Å². The smallest absolute Gasteiger partial charge is 0.193 e. The SMILES string of the molecule is CCN(CCNC(=NC)N(C)CCc1ccc(OC)c(OC)c1)C1CC1.I. The van der Waals surface area contributed by atoms with Gasteiger partial charge in [-0.2, -0.15) is 0 Å². The van der Waals surface area contributed by atoms with Gasteiger partial charge < -0.3 is 19.7 Å². The molecule has 0 unspecified atom stereocenters. The number of nitrogens with one attached hydrogen (secondary N) is 1. The second-order valence-electron chi connectivity index (χ2n) is 6.69. The minimum absolute atomic E-state index is 0. The maximum absolute atomic E-state index is 5.38. The number of benzene rings is 1. The van der Waals surface area contributed by atoms with Crippen molar-refractivity contribution in [3.63, 3.8) is 0 Å². The highest BCUT2D eigenvalue weighted by Gasteiger charge is 2.27. The second-order valence-corrected chi connectivity index (χ2v) is 6.69. The van der Waals surface area contributed by atoms with E-state index in [2.05, 4.69) is 40.1 Å². The third-order valence-corrected chi connectivity index (χ3v) is 4.91. The lowest BCUT2D eigenvalue weighted by atomic mass is 10.1. The zero-order chi connectivity index (χ0) is 18.9. The molecule has 27 heavy (non-hydrogen) atoms. The van der Waals surface area contributed by atoms with E-state index in [1.165, 1.54) is 18.4 Å². The van der Waals surface area contributed by atoms with Gasteiger partial charge >= 0.3 is 0 Å². The summed E-state index contributed by atoms with van der Waals surface area (Å²) in [5.74, 6) is 2.48. The summed E-state index contributed by atoms with van der Waals surface area (Å²) in [6, 6.07) is 6.89. The van der Waals surface area contributed by atoms with Gasteiger partial charge in [-0.3, -0.25) is 9.89 Å². The highest BCUT2D eigenvalue weighted by Crippen LogP contribution is 2.27. The van der Waals surface area contributed by atoms with Crippen LogP contribution in [0.1, 0.15) is 25.3 Å². The Morgan fingerprint density at radius 1 is 1.19 bits per heavy atom. The number of rotatable bonds is 10. The third-order valence-electron chi connectivity index (χ3n) is 4.91. The predicted octanol–water partition coefficient (Wildman–Crippen LogP) is 2.86. The molecule has 0 radical (unpaired) electrons. The molecule has 0 bridgehead atoms. The maximum Gasteiger partial charge on any atom is 0.193 e. The topological polar surface area (TPSA) is 49.3 Å². The van der Waals surface area contributed by atoms with Crippen LogP contribution >= 0.6 is 24.0 Å². The van der Waals surface area contributed by atoms with Gasteiger partial charge in [-0.15, -0.1) is 24.0 Å². The minimum Gasteiger partial charge on any atom is -0.493 e. The molecule has 2 rings (SSSR count). The highest BCUT2D eigenvalue weighted by molar-refractivity contribution is 14.0. The fraction of sp³-hybridized carbons (Fsp3) is 0.650. The molecule has 0 amide bonds. The molecular weight excluding hydrogens is 455 g/mol. The van der Waals surface area contributed by atoms with E-state index in [4.69, 9.17) is 9.47 Å². The van der Waals surface area contributed by atoms with Crippen molar-refractivity contribution in [1.82, 2.24) is 15.1 Å². The average molecular weight is 490 g/mol. The molecule has 1 aliphatic rings. The van der Waals surface area contributed by atoms with Gasteiger partial charge in [0.15, 0.2) is 17.5 Å². The fourth-order valence-electron chi connectivity index (χ4n) is 3.17. The molecule has 6 nitrogen and oxygen atoms in total. The van der Waals surface area contributed by atoms with E-state index in [0.717, 1.165) is 56.1 Å². The molecule has 0 atom stereocenters. The first-order chi connectivity index (χ1) is 12.6. The molecule has 0 heterocycles. The van der Waals surface area contributed by atoms with Gasteiger partial charge in [0.05, 0.1) is 14.2 Å². The van der Waals surface area contributed by atoms with Crippen LogP contribution in [0.25, 0.3) is 0 Å². The van der Waals surface area contributed by atoms with Gasteiger partial charge in [-0.05, 0) is 43.5 Å². The number of halogens is 1. The molecule has 1 saturated carbocycles. The Bertz CT molecular complexity index is 593. The Balaban J connectivity index is 0.00000364. The average Bonchev–Trinajstić information content (AvgIpc) is 3.51. The predicted molar refractivity (Wildman–Crippen MR) is 123 cm³/mol. The number of hydrogen-bond acceptors (Lipinski definition) is 4. The van der Waals surface area contributed by atoms with Crippen molar-refractivity contribution in [2.24, 2.45) is 4.99 Å². The van der Waals surface area contributed by atoms with Gasteiger partial charge in [-0.1, -0.05) is 13.0 Å². The van der Waals surface area contributed by atoms with Crippen LogP contribution in [0.3, 0.4) is 0 Å². The number of methoxy groups -OCH3 is 2. The van der Waals surface area contributed by atoms with E-state index in [0.29, 0.717) is 0 Å². The molecule has 0 spiro atoms. The molecule has 1 fully saturated rings. The van der Waals surface area contributed by atoms with E-state index in [-0.39, 0.29) is 24.0 Å². The molecule has 7 heteroatoms. The maximum atomic E-state index is 5.38. The zero-order valence-electron chi connectivity index (χ0n) is 17.3. The largest absolute Gasteiger partial charge is 0.493 e. The summed E-state index contributed by atoms with van der Waals surface area (Å²) in [4.78, 5) is 9.13. The lowest BCUT2D eigenvalue weighted by molar-refractivity contribution is 0.281. The summed E-state index contributed by atoms with van der Waals surface area (Å²) in [5, 5.41) is 3.48. The lowest BCUT2D eigenvalue weighted by Crippen LogP contribution is -2.43. The molecule has 0 aromatic heterocycles. The molecular formula is C20H35IN4O2. The summed E-state index contributed by atoms with van der Waals surface area (Å²) >= 11 is 0. The number of ether oxygens (including phenoxy) is 2. The summed E-state index contributed by atoms with van der Waals surface area (Å²) in [5.41, 5.74) is 1.22. The summed E-state index contributed by atoms with van der Waals surface area (Å²) in [7, 11) is 7.24. The van der Waals surface area contributed by atoms with Crippen LogP contribution in [0.5, 0.6) is 11.5 Å². The molecule has 1 aliphatic carbocycles. The van der Waals surface area contributed by atoms with Crippen molar-refractivity contribution in [3.05, 3.63) is 23.8 Å². The van der Waals surface area contributed by atoms with Crippen molar-refractivity contribution in [2.45, 2.75) is 32.2 Å². The standard InChI is InChI=1S/C20H34N4O2.HI/c1-6-24(17-8-9-17)14-12-22-20(21-2)23(3)13-11-16-7-10-18(25-4)19(15-16)26-5;/h7,10,15,17H,6,8-9,11-14H2,1-5H3,(H,21,22);1H. The molecule has 0 saturated heterocycles. The van der Waals surface area contributed by atoms with Crippen LogP contribution in [-0.4, -0.2) is 76.3 Å². The summed E-state index contributed by atoms with van der Waals surface area (Å²) < 4.78 is 10.7.